The van der Waals surface area contributed by atoms with E-state index >= 15 is 0 Å². The van der Waals surface area contributed by atoms with E-state index in [1.807, 2.05) is 6.92 Å². The molecule has 2 heterocycles. The summed E-state index contributed by atoms with van der Waals surface area (Å²) in [4.78, 5) is 0.855. The fraction of sp³-hybridized carbons (Fsp3) is 0.667. The minimum absolute atomic E-state index is 0.158. The molecule has 0 bridgehead atoms. The van der Waals surface area contributed by atoms with Crippen LogP contribution in [0.3, 0.4) is 0 Å². The van der Waals surface area contributed by atoms with Crippen LogP contribution in [0.15, 0.2) is 14.7 Å². The molecule has 5 nitrogen and oxygen atoms in total. The number of thiophene rings is 1. The first-order chi connectivity index (χ1) is 9.32. The van der Waals surface area contributed by atoms with E-state index in [-0.39, 0.29) is 11.5 Å². The van der Waals surface area contributed by atoms with Gasteiger partial charge in [-0.15, -0.1) is 11.3 Å². The van der Waals surface area contributed by atoms with Gasteiger partial charge in [0, 0.05) is 25.1 Å². The Bertz CT molecular complexity index is 586. The van der Waals surface area contributed by atoms with Crippen molar-refractivity contribution >= 4 is 37.3 Å². The van der Waals surface area contributed by atoms with Gasteiger partial charge >= 0.3 is 0 Å². The maximum absolute atomic E-state index is 12.7. The number of hydrogen-bond donors (Lipinski definition) is 1. The summed E-state index contributed by atoms with van der Waals surface area (Å²) in [6.45, 7) is 2.62. The van der Waals surface area contributed by atoms with Crippen LogP contribution in [0, 0.1) is 0 Å². The zero-order valence-corrected chi connectivity index (χ0v) is 14.6. The Labute approximate surface area is 131 Å². The summed E-state index contributed by atoms with van der Waals surface area (Å²) in [5.41, 5.74) is -0.437. The molecule has 0 aliphatic carbocycles. The highest BCUT2D eigenvalue weighted by Crippen LogP contribution is 2.36. The van der Waals surface area contributed by atoms with Crippen molar-refractivity contribution in [3.63, 3.8) is 0 Å². The average molecular weight is 384 g/mol. The molecule has 1 saturated heterocycles. The second-order valence-electron chi connectivity index (χ2n) is 5.10. The summed E-state index contributed by atoms with van der Waals surface area (Å²) in [5, 5.41) is 9.13. The zero-order valence-electron chi connectivity index (χ0n) is 11.4. The molecule has 0 radical (unpaired) electrons. The first-order valence-corrected chi connectivity index (χ1v) is 9.32. The van der Waals surface area contributed by atoms with Crippen LogP contribution in [0.2, 0.25) is 0 Å². The smallest absolute Gasteiger partial charge is 0.245 e. The highest BCUT2D eigenvalue weighted by atomic mass is 79.9. The van der Waals surface area contributed by atoms with Gasteiger partial charge < -0.3 is 9.84 Å². The largest absolute Gasteiger partial charge is 0.391 e. The summed E-state index contributed by atoms with van der Waals surface area (Å²) in [6, 6.07) is 1.53. The molecule has 0 aromatic carbocycles. The predicted molar refractivity (Wildman–Crippen MR) is 81.3 cm³/mol. The number of aliphatic hydroxyl groups is 1. The Morgan fingerprint density at radius 3 is 2.85 bits per heavy atom. The molecule has 2 rings (SSSR count). The second-order valence-corrected chi connectivity index (χ2v) is 9.47. The summed E-state index contributed by atoms with van der Waals surface area (Å²) in [6.07, 6.45) is 1.63. The van der Waals surface area contributed by atoms with Crippen molar-refractivity contribution in [2.45, 2.75) is 36.9 Å². The lowest BCUT2D eigenvalue weighted by Gasteiger charge is -2.38. The van der Waals surface area contributed by atoms with Crippen LogP contribution in [-0.4, -0.2) is 43.6 Å². The maximum atomic E-state index is 12.7. The Balaban J connectivity index is 2.32. The average Bonchev–Trinajstić information content (AvgIpc) is 2.81. The summed E-state index contributed by atoms with van der Waals surface area (Å²) in [5.74, 6) is 0. The lowest BCUT2D eigenvalue weighted by Crippen LogP contribution is -2.49. The molecule has 1 aliphatic heterocycles. The van der Waals surface area contributed by atoms with Gasteiger partial charge in [-0.25, -0.2) is 8.42 Å². The van der Waals surface area contributed by atoms with Gasteiger partial charge in [0.1, 0.15) is 4.90 Å². The molecule has 1 aromatic rings. The molecule has 0 saturated carbocycles. The number of sulfonamides is 1. The van der Waals surface area contributed by atoms with Crippen LogP contribution >= 0.6 is 27.3 Å². The normalized spacial score (nSPS) is 25.0. The van der Waals surface area contributed by atoms with Crippen LogP contribution in [0.4, 0.5) is 0 Å². The van der Waals surface area contributed by atoms with Crippen LogP contribution in [0.25, 0.3) is 0 Å². The van der Waals surface area contributed by atoms with Crippen molar-refractivity contribution in [1.82, 2.24) is 4.31 Å². The lowest BCUT2D eigenvalue weighted by atomic mass is 9.96. The van der Waals surface area contributed by atoms with E-state index in [1.165, 1.54) is 21.7 Å². The van der Waals surface area contributed by atoms with Crippen molar-refractivity contribution in [1.29, 1.82) is 0 Å². The summed E-state index contributed by atoms with van der Waals surface area (Å²) in [7, 11) is -1.95. The number of nitrogens with zero attached hydrogens (tertiary/aromatic N) is 1. The Hall–Kier alpha value is 0.01000. The highest BCUT2D eigenvalue weighted by Gasteiger charge is 2.38. The van der Waals surface area contributed by atoms with Crippen molar-refractivity contribution < 1.29 is 18.3 Å². The van der Waals surface area contributed by atoms with E-state index in [9.17, 15) is 8.42 Å². The van der Waals surface area contributed by atoms with E-state index in [0.717, 1.165) is 12.8 Å². The van der Waals surface area contributed by atoms with E-state index in [0.29, 0.717) is 21.8 Å². The minimum Gasteiger partial charge on any atom is -0.391 e. The maximum Gasteiger partial charge on any atom is 0.245 e. The van der Waals surface area contributed by atoms with Gasteiger partial charge in [-0.1, -0.05) is 0 Å². The van der Waals surface area contributed by atoms with E-state index in [2.05, 4.69) is 15.9 Å². The Morgan fingerprint density at radius 2 is 2.30 bits per heavy atom. The Kier molecular flexibility index (Phi) is 4.93. The molecule has 1 aliphatic rings. The highest BCUT2D eigenvalue weighted by molar-refractivity contribution is 9.11. The van der Waals surface area contributed by atoms with E-state index in [4.69, 9.17) is 9.84 Å². The third-order valence-electron chi connectivity index (χ3n) is 3.60. The van der Waals surface area contributed by atoms with E-state index in [1.54, 1.807) is 7.11 Å². The van der Waals surface area contributed by atoms with Crippen LogP contribution in [0.1, 0.15) is 24.6 Å². The number of halogens is 1. The van der Waals surface area contributed by atoms with Gasteiger partial charge in [0.2, 0.25) is 10.0 Å². The van der Waals surface area contributed by atoms with Crippen molar-refractivity contribution in [2.75, 3.05) is 20.2 Å². The predicted octanol–water partition coefficient (Wildman–Crippen LogP) is 2.19. The molecule has 1 atom stereocenters. The third-order valence-corrected chi connectivity index (χ3v) is 7.68. The van der Waals surface area contributed by atoms with Crippen molar-refractivity contribution in [3.8, 4) is 0 Å². The summed E-state index contributed by atoms with van der Waals surface area (Å²) < 4.78 is 32.9. The number of aliphatic hydroxyl groups excluding tert-OH is 1. The quantitative estimate of drug-likeness (QED) is 0.864. The molecule has 114 valence electrons. The molecule has 20 heavy (non-hydrogen) atoms. The molecular weight excluding hydrogens is 366 g/mol. The van der Waals surface area contributed by atoms with Crippen LogP contribution < -0.4 is 0 Å². The molecule has 0 spiro atoms. The SMILES string of the molecule is COC1(C)CCCN(S(=O)(=O)c2cc(CO)sc2Br)C1. The third kappa shape index (κ3) is 3.10. The van der Waals surface area contributed by atoms with Gasteiger partial charge in [-0.2, -0.15) is 4.31 Å². The second kappa shape index (κ2) is 6.02. The summed E-state index contributed by atoms with van der Waals surface area (Å²) >= 11 is 4.52. The number of piperidine rings is 1. The number of hydrogen-bond acceptors (Lipinski definition) is 5. The van der Waals surface area contributed by atoms with Gasteiger partial charge in [-0.05, 0) is 41.8 Å². The molecule has 1 fully saturated rings. The van der Waals surface area contributed by atoms with Crippen molar-refractivity contribution in [3.05, 3.63) is 14.7 Å². The van der Waals surface area contributed by atoms with Crippen LogP contribution in [-0.2, 0) is 21.4 Å². The molecule has 1 aromatic heterocycles. The van der Waals surface area contributed by atoms with Gasteiger partial charge in [-0.3, -0.25) is 0 Å². The van der Waals surface area contributed by atoms with E-state index < -0.39 is 15.6 Å². The number of ether oxygens (including phenoxy) is 1. The van der Waals surface area contributed by atoms with Crippen LogP contribution in [0.5, 0.6) is 0 Å². The number of methoxy groups -OCH3 is 1. The number of rotatable bonds is 4. The standard InChI is InChI=1S/C12H18BrNO4S2/c1-12(18-2)4-3-5-14(8-12)20(16,17)10-6-9(7-15)19-11(10)13/h6,15H,3-5,7-8H2,1-2H3. The van der Waals surface area contributed by atoms with Crippen molar-refractivity contribution in [2.24, 2.45) is 0 Å². The zero-order chi connectivity index (χ0) is 15.0. The topological polar surface area (TPSA) is 66.8 Å². The molecular formula is C12H18BrNO4S2. The van der Waals surface area contributed by atoms with Gasteiger partial charge in [0.15, 0.2) is 0 Å². The Morgan fingerprint density at radius 1 is 1.60 bits per heavy atom. The fourth-order valence-corrected chi connectivity index (χ4v) is 6.41. The lowest BCUT2D eigenvalue weighted by molar-refractivity contribution is -0.0319. The fourth-order valence-electron chi connectivity index (χ4n) is 2.32. The van der Waals surface area contributed by atoms with Gasteiger partial charge in [0.25, 0.3) is 0 Å². The molecule has 0 amide bonds. The minimum atomic E-state index is -3.56. The van der Waals surface area contributed by atoms with Gasteiger partial charge in [0.05, 0.1) is 16.0 Å². The molecule has 8 heteroatoms. The molecule has 1 N–H and O–H groups in total. The monoisotopic (exact) mass is 383 g/mol. The first kappa shape index (κ1) is 16.4. The molecule has 1 unspecified atom stereocenters. The first-order valence-electron chi connectivity index (χ1n) is 6.27.